The van der Waals surface area contributed by atoms with Gasteiger partial charge in [-0.15, -0.1) is 0 Å². The predicted octanol–water partition coefficient (Wildman–Crippen LogP) is 2.99. The lowest BCUT2D eigenvalue weighted by atomic mass is 10.0. The molecule has 1 aromatic heterocycles. The normalized spacial score (nSPS) is 12.6. The summed E-state index contributed by atoms with van der Waals surface area (Å²) in [7, 11) is 1.56. The Kier molecular flexibility index (Phi) is 4.80. The fraction of sp³-hybridized carbons (Fsp3) is 0.636. The van der Waals surface area contributed by atoms with Crippen LogP contribution in [0.3, 0.4) is 0 Å². The van der Waals surface area contributed by atoms with Crippen molar-refractivity contribution in [1.29, 1.82) is 0 Å². The molecule has 0 fully saturated rings. The van der Waals surface area contributed by atoms with Crippen LogP contribution in [-0.2, 0) is 0 Å². The summed E-state index contributed by atoms with van der Waals surface area (Å²) < 4.78 is 5.18. The zero-order valence-corrected chi connectivity index (χ0v) is 10.9. The summed E-state index contributed by atoms with van der Waals surface area (Å²) in [5, 5.41) is 3.66. The predicted molar refractivity (Wildman–Crippen MR) is 66.1 cm³/mol. The molecule has 1 rings (SSSR count). The molecule has 0 saturated heterocycles. The Morgan fingerprint density at radius 2 is 2.12 bits per heavy atom. The van der Waals surface area contributed by atoms with Crippen LogP contribution >= 0.6 is 11.6 Å². The van der Waals surface area contributed by atoms with Gasteiger partial charge in [-0.3, -0.25) is 0 Å². The van der Waals surface area contributed by atoms with E-state index in [1.807, 2.05) is 0 Å². The van der Waals surface area contributed by atoms with Crippen molar-refractivity contribution >= 4 is 17.4 Å². The van der Waals surface area contributed by atoms with Crippen molar-refractivity contribution in [2.75, 3.05) is 12.4 Å². The van der Waals surface area contributed by atoms with Crippen LogP contribution in [0.1, 0.15) is 27.2 Å². The highest BCUT2D eigenvalue weighted by Crippen LogP contribution is 2.29. The minimum atomic E-state index is 0.332. The van der Waals surface area contributed by atoms with Crippen LogP contribution in [0.25, 0.3) is 0 Å². The molecule has 4 nitrogen and oxygen atoms in total. The largest absolute Gasteiger partial charge is 0.490 e. The van der Waals surface area contributed by atoms with Gasteiger partial charge in [0.15, 0.2) is 16.7 Å². The first-order valence-electron chi connectivity index (χ1n) is 5.41. The number of rotatable bonds is 5. The second kappa shape index (κ2) is 5.89. The molecule has 0 aliphatic carbocycles. The second-order valence-electron chi connectivity index (χ2n) is 3.95. The molecule has 1 unspecified atom stereocenters. The molecule has 1 aromatic rings. The standard InChI is InChI=1S/C11H18ClN3O/c1-5-8(7(2)3)15-11-9(16-4)10(12)13-6-14-11/h6-8H,5H2,1-4H3,(H,13,14,15). The molecule has 1 N–H and O–H groups in total. The van der Waals surface area contributed by atoms with Gasteiger partial charge in [0, 0.05) is 6.04 Å². The van der Waals surface area contributed by atoms with Gasteiger partial charge in [0.25, 0.3) is 0 Å². The third-order valence-electron chi connectivity index (χ3n) is 2.53. The Morgan fingerprint density at radius 3 is 2.62 bits per heavy atom. The second-order valence-corrected chi connectivity index (χ2v) is 4.31. The van der Waals surface area contributed by atoms with Crippen molar-refractivity contribution in [3.63, 3.8) is 0 Å². The smallest absolute Gasteiger partial charge is 0.198 e. The maximum absolute atomic E-state index is 5.92. The van der Waals surface area contributed by atoms with E-state index in [1.54, 1.807) is 7.11 Å². The van der Waals surface area contributed by atoms with E-state index < -0.39 is 0 Å². The molecular weight excluding hydrogens is 226 g/mol. The number of methoxy groups -OCH3 is 1. The fourth-order valence-corrected chi connectivity index (χ4v) is 1.76. The zero-order chi connectivity index (χ0) is 12.1. The van der Waals surface area contributed by atoms with Gasteiger partial charge >= 0.3 is 0 Å². The quantitative estimate of drug-likeness (QED) is 0.808. The van der Waals surface area contributed by atoms with Crippen molar-refractivity contribution in [2.24, 2.45) is 5.92 Å². The third-order valence-corrected chi connectivity index (χ3v) is 2.80. The van der Waals surface area contributed by atoms with E-state index in [9.17, 15) is 0 Å². The number of hydrogen-bond acceptors (Lipinski definition) is 4. The van der Waals surface area contributed by atoms with Crippen LogP contribution in [-0.4, -0.2) is 23.1 Å². The lowest BCUT2D eigenvalue weighted by Gasteiger charge is -2.22. The van der Waals surface area contributed by atoms with Crippen LogP contribution in [0, 0.1) is 5.92 Å². The molecule has 5 heteroatoms. The zero-order valence-electron chi connectivity index (χ0n) is 10.1. The molecule has 0 saturated carbocycles. The number of anilines is 1. The van der Waals surface area contributed by atoms with Gasteiger partial charge in [-0.25, -0.2) is 9.97 Å². The maximum Gasteiger partial charge on any atom is 0.198 e. The molecule has 0 aromatic carbocycles. The van der Waals surface area contributed by atoms with Gasteiger partial charge in [0.2, 0.25) is 0 Å². The Bertz CT molecular complexity index is 344. The Labute approximate surface area is 101 Å². The number of nitrogens with one attached hydrogen (secondary N) is 1. The highest BCUT2D eigenvalue weighted by molar-refractivity contribution is 6.31. The van der Waals surface area contributed by atoms with Crippen LogP contribution in [0.15, 0.2) is 6.33 Å². The molecular formula is C11H18ClN3O. The van der Waals surface area contributed by atoms with Gasteiger partial charge < -0.3 is 10.1 Å². The van der Waals surface area contributed by atoms with Gasteiger partial charge in [0.05, 0.1) is 7.11 Å². The maximum atomic E-state index is 5.92. The number of nitrogens with zero attached hydrogens (tertiary/aromatic N) is 2. The number of ether oxygens (including phenoxy) is 1. The summed E-state index contributed by atoms with van der Waals surface area (Å²) in [6.45, 7) is 6.46. The summed E-state index contributed by atoms with van der Waals surface area (Å²) in [6, 6.07) is 0.347. The highest BCUT2D eigenvalue weighted by atomic mass is 35.5. The van der Waals surface area contributed by atoms with E-state index in [2.05, 4.69) is 36.1 Å². The summed E-state index contributed by atoms with van der Waals surface area (Å²) >= 11 is 5.92. The lowest BCUT2D eigenvalue weighted by molar-refractivity contribution is 0.410. The van der Waals surface area contributed by atoms with Gasteiger partial charge in [0.1, 0.15) is 6.33 Å². The Morgan fingerprint density at radius 1 is 1.44 bits per heavy atom. The van der Waals surface area contributed by atoms with Crippen LogP contribution < -0.4 is 10.1 Å². The first-order chi connectivity index (χ1) is 7.60. The Hall–Kier alpha value is -1.03. The average Bonchev–Trinajstić information content (AvgIpc) is 2.25. The number of aromatic nitrogens is 2. The molecule has 0 radical (unpaired) electrons. The molecule has 0 amide bonds. The van der Waals surface area contributed by atoms with Crippen molar-refractivity contribution in [3.05, 3.63) is 11.5 Å². The first kappa shape index (κ1) is 13.0. The van der Waals surface area contributed by atoms with Crippen molar-refractivity contribution in [1.82, 2.24) is 9.97 Å². The molecule has 0 bridgehead atoms. The number of hydrogen-bond donors (Lipinski definition) is 1. The van der Waals surface area contributed by atoms with Crippen molar-refractivity contribution in [3.8, 4) is 5.75 Å². The molecule has 90 valence electrons. The molecule has 16 heavy (non-hydrogen) atoms. The van der Waals surface area contributed by atoms with Gasteiger partial charge in [-0.2, -0.15) is 0 Å². The number of halogens is 1. The van der Waals surface area contributed by atoms with E-state index in [1.165, 1.54) is 6.33 Å². The first-order valence-corrected chi connectivity index (χ1v) is 5.78. The fourth-order valence-electron chi connectivity index (χ4n) is 1.55. The van der Waals surface area contributed by atoms with E-state index >= 15 is 0 Å². The summed E-state index contributed by atoms with van der Waals surface area (Å²) in [6.07, 6.45) is 2.45. The summed E-state index contributed by atoms with van der Waals surface area (Å²) in [5.41, 5.74) is 0. The Balaban J connectivity index is 2.91. The topological polar surface area (TPSA) is 47.0 Å². The van der Waals surface area contributed by atoms with Crippen molar-refractivity contribution in [2.45, 2.75) is 33.2 Å². The third kappa shape index (κ3) is 2.98. The van der Waals surface area contributed by atoms with Crippen molar-refractivity contribution < 1.29 is 4.74 Å². The average molecular weight is 244 g/mol. The minimum Gasteiger partial charge on any atom is -0.490 e. The molecule has 0 aliphatic heterocycles. The SMILES string of the molecule is CCC(Nc1ncnc(Cl)c1OC)C(C)C. The lowest BCUT2D eigenvalue weighted by Crippen LogP contribution is -2.25. The van der Waals surface area contributed by atoms with E-state index in [0.29, 0.717) is 28.7 Å². The van der Waals surface area contributed by atoms with Crippen LogP contribution in [0.4, 0.5) is 5.82 Å². The van der Waals surface area contributed by atoms with Gasteiger partial charge in [-0.1, -0.05) is 32.4 Å². The summed E-state index contributed by atoms with van der Waals surface area (Å²) in [4.78, 5) is 8.03. The van der Waals surface area contributed by atoms with Gasteiger partial charge in [-0.05, 0) is 12.3 Å². The van der Waals surface area contributed by atoms with Crippen LogP contribution in [0.2, 0.25) is 5.15 Å². The molecule has 0 spiro atoms. The highest BCUT2D eigenvalue weighted by Gasteiger charge is 2.16. The van der Waals surface area contributed by atoms with Crippen LogP contribution in [0.5, 0.6) is 5.75 Å². The summed E-state index contributed by atoms with van der Waals surface area (Å²) in [5.74, 6) is 1.68. The molecule has 1 heterocycles. The van der Waals surface area contributed by atoms with E-state index in [-0.39, 0.29) is 0 Å². The van der Waals surface area contributed by atoms with E-state index in [4.69, 9.17) is 16.3 Å². The molecule has 0 aliphatic rings. The minimum absolute atomic E-state index is 0.332. The monoisotopic (exact) mass is 243 g/mol. The van der Waals surface area contributed by atoms with E-state index in [0.717, 1.165) is 6.42 Å². The molecule has 1 atom stereocenters.